The van der Waals surface area contributed by atoms with Crippen LogP contribution in [0.15, 0.2) is 33.9 Å². The zero-order valence-electron chi connectivity index (χ0n) is 14.0. The number of fused-ring (bicyclic) bond motifs is 1. The molecule has 0 bridgehead atoms. The number of rotatable bonds is 3. The summed E-state index contributed by atoms with van der Waals surface area (Å²) in [5, 5.41) is 8.16. The Kier molecular flexibility index (Phi) is 3.88. The maximum absolute atomic E-state index is 12.4. The van der Waals surface area contributed by atoms with Crippen LogP contribution in [0.4, 0.5) is 5.69 Å². The van der Waals surface area contributed by atoms with Gasteiger partial charge in [0, 0.05) is 38.9 Å². The lowest BCUT2D eigenvalue weighted by Gasteiger charge is -2.12. The average Bonchev–Trinajstić information content (AvgIpc) is 2.60. The molecular weight excluding hydrogens is 308 g/mol. The van der Waals surface area contributed by atoms with Gasteiger partial charge in [0.15, 0.2) is 17.0 Å². The van der Waals surface area contributed by atoms with Crippen LogP contribution in [0.2, 0.25) is 0 Å². The predicted molar refractivity (Wildman–Crippen MR) is 92.3 cm³/mol. The molecule has 8 heteroatoms. The van der Waals surface area contributed by atoms with Gasteiger partial charge in [-0.15, -0.1) is 10.2 Å². The Hall–Kier alpha value is -3.03. The first kappa shape index (κ1) is 15.9. The van der Waals surface area contributed by atoms with E-state index in [4.69, 9.17) is 0 Å². The van der Waals surface area contributed by atoms with E-state index in [1.807, 2.05) is 43.3 Å². The van der Waals surface area contributed by atoms with E-state index in [0.29, 0.717) is 12.4 Å². The maximum Gasteiger partial charge on any atom is 0.332 e. The van der Waals surface area contributed by atoms with Crippen molar-refractivity contribution in [2.75, 3.05) is 19.0 Å². The first-order valence-electron chi connectivity index (χ1n) is 7.56. The summed E-state index contributed by atoms with van der Waals surface area (Å²) in [6.07, 6.45) is 0. The number of hydrogen-bond acceptors (Lipinski definition) is 6. The van der Waals surface area contributed by atoms with E-state index in [1.54, 1.807) is 6.92 Å². The average molecular weight is 326 g/mol. The maximum atomic E-state index is 12.4. The van der Waals surface area contributed by atoms with Crippen molar-refractivity contribution in [3.05, 3.63) is 45.1 Å². The molecule has 0 aliphatic heterocycles. The first-order valence-corrected chi connectivity index (χ1v) is 7.56. The summed E-state index contributed by atoms with van der Waals surface area (Å²) in [6.45, 7) is 2.19. The van der Waals surface area contributed by atoms with Gasteiger partial charge < -0.3 is 4.90 Å². The number of aromatic nitrogens is 5. The topological polar surface area (TPSA) is 85.9 Å². The van der Waals surface area contributed by atoms with Gasteiger partial charge in [-0.3, -0.25) is 13.9 Å². The highest BCUT2D eigenvalue weighted by Crippen LogP contribution is 2.19. The summed E-state index contributed by atoms with van der Waals surface area (Å²) in [6, 6.07) is 7.62. The van der Waals surface area contributed by atoms with Gasteiger partial charge in [-0.25, -0.2) is 9.78 Å². The summed E-state index contributed by atoms with van der Waals surface area (Å²) < 4.78 is 2.43. The van der Waals surface area contributed by atoms with E-state index in [-0.39, 0.29) is 11.2 Å². The van der Waals surface area contributed by atoms with Crippen molar-refractivity contribution < 1.29 is 0 Å². The van der Waals surface area contributed by atoms with E-state index in [1.165, 1.54) is 11.6 Å². The molecule has 0 saturated carbocycles. The zero-order chi connectivity index (χ0) is 17.4. The number of nitrogens with zero attached hydrogens (tertiary/aromatic N) is 6. The molecule has 3 rings (SSSR count). The lowest BCUT2D eigenvalue weighted by Crippen LogP contribution is -2.38. The minimum Gasteiger partial charge on any atom is -0.378 e. The van der Waals surface area contributed by atoms with Crippen LogP contribution >= 0.6 is 0 Å². The molecule has 0 radical (unpaired) electrons. The summed E-state index contributed by atoms with van der Waals surface area (Å²) in [5.74, 6) is 0.353. The minimum atomic E-state index is -0.472. The van der Waals surface area contributed by atoms with Crippen LogP contribution in [0.1, 0.15) is 6.92 Å². The molecule has 0 unspecified atom stereocenters. The number of anilines is 1. The van der Waals surface area contributed by atoms with Crippen molar-refractivity contribution >= 4 is 16.9 Å². The summed E-state index contributed by atoms with van der Waals surface area (Å²) in [4.78, 5) is 30.8. The van der Waals surface area contributed by atoms with Crippen LogP contribution < -0.4 is 16.1 Å². The number of benzene rings is 1. The molecule has 0 atom stereocenters. The highest BCUT2D eigenvalue weighted by atomic mass is 16.2. The molecule has 124 valence electrons. The molecule has 2 heterocycles. The first-order chi connectivity index (χ1) is 11.4. The van der Waals surface area contributed by atoms with Gasteiger partial charge in [0.1, 0.15) is 0 Å². The van der Waals surface area contributed by atoms with Gasteiger partial charge in [-0.1, -0.05) is 0 Å². The van der Waals surface area contributed by atoms with Crippen molar-refractivity contribution in [2.45, 2.75) is 13.5 Å². The lowest BCUT2D eigenvalue weighted by molar-refractivity contribution is 0.644. The van der Waals surface area contributed by atoms with E-state index in [0.717, 1.165) is 15.8 Å². The van der Waals surface area contributed by atoms with Gasteiger partial charge >= 0.3 is 5.69 Å². The van der Waals surface area contributed by atoms with Crippen molar-refractivity contribution in [1.29, 1.82) is 0 Å². The molecule has 0 saturated heterocycles. The molecule has 0 aliphatic carbocycles. The normalized spacial score (nSPS) is 11.0. The van der Waals surface area contributed by atoms with Crippen LogP contribution in [-0.4, -0.2) is 38.4 Å². The van der Waals surface area contributed by atoms with Gasteiger partial charge in [-0.05, 0) is 31.2 Å². The smallest absolute Gasteiger partial charge is 0.332 e. The van der Waals surface area contributed by atoms with Crippen LogP contribution in [-0.2, 0) is 13.6 Å². The fraction of sp³-hybridized carbons (Fsp3) is 0.312. The second kappa shape index (κ2) is 5.88. The molecule has 0 fully saturated rings. The fourth-order valence-electron chi connectivity index (χ4n) is 2.48. The van der Waals surface area contributed by atoms with Crippen molar-refractivity contribution in [1.82, 2.24) is 24.3 Å². The quantitative estimate of drug-likeness (QED) is 0.702. The monoisotopic (exact) mass is 326 g/mol. The van der Waals surface area contributed by atoms with Gasteiger partial charge in [0.25, 0.3) is 5.56 Å². The Morgan fingerprint density at radius 1 is 1.08 bits per heavy atom. The predicted octanol–water partition coefficient (Wildman–Crippen LogP) is 0.638. The third kappa shape index (κ3) is 2.45. The Morgan fingerprint density at radius 3 is 2.33 bits per heavy atom. The molecule has 8 nitrogen and oxygen atoms in total. The van der Waals surface area contributed by atoms with Gasteiger partial charge in [-0.2, -0.15) is 0 Å². The van der Waals surface area contributed by atoms with Crippen LogP contribution in [0.5, 0.6) is 0 Å². The van der Waals surface area contributed by atoms with E-state index >= 15 is 0 Å². The molecule has 0 spiro atoms. The van der Waals surface area contributed by atoms with Gasteiger partial charge in [0.2, 0.25) is 0 Å². The highest BCUT2D eigenvalue weighted by molar-refractivity contribution is 5.71. The second-order valence-electron chi connectivity index (χ2n) is 5.64. The third-order valence-corrected chi connectivity index (χ3v) is 3.91. The Morgan fingerprint density at radius 2 is 1.75 bits per heavy atom. The molecule has 0 aliphatic rings. The lowest BCUT2D eigenvalue weighted by atomic mass is 10.2. The summed E-state index contributed by atoms with van der Waals surface area (Å²) >= 11 is 0. The van der Waals surface area contributed by atoms with Crippen molar-refractivity contribution in [3.8, 4) is 11.4 Å². The molecular formula is C16H18N6O2. The molecule has 0 amide bonds. The molecule has 24 heavy (non-hydrogen) atoms. The standard InChI is InChI=1S/C16H18N6O2/c1-5-22-14-12(15(23)21(4)16(22)24)17-13(18-19-14)10-6-8-11(9-7-10)20(2)3/h6-9H,5H2,1-4H3. The highest BCUT2D eigenvalue weighted by Gasteiger charge is 2.14. The third-order valence-electron chi connectivity index (χ3n) is 3.91. The summed E-state index contributed by atoms with van der Waals surface area (Å²) in [5.41, 5.74) is 1.25. The molecule has 1 aromatic carbocycles. The zero-order valence-corrected chi connectivity index (χ0v) is 14.0. The summed E-state index contributed by atoms with van der Waals surface area (Å²) in [7, 11) is 5.34. The fourth-order valence-corrected chi connectivity index (χ4v) is 2.48. The second-order valence-corrected chi connectivity index (χ2v) is 5.64. The molecule has 0 N–H and O–H groups in total. The van der Waals surface area contributed by atoms with Crippen LogP contribution in [0.3, 0.4) is 0 Å². The largest absolute Gasteiger partial charge is 0.378 e. The Bertz CT molecular complexity index is 1020. The van der Waals surface area contributed by atoms with Crippen LogP contribution in [0.25, 0.3) is 22.6 Å². The number of hydrogen-bond donors (Lipinski definition) is 0. The molecule has 3 aromatic rings. The van der Waals surface area contributed by atoms with Crippen LogP contribution in [0, 0.1) is 0 Å². The minimum absolute atomic E-state index is 0.139. The SMILES string of the molecule is CCn1c(=O)n(C)c(=O)c2nc(-c3ccc(N(C)C)cc3)nnc21. The van der Waals surface area contributed by atoms with Crippen molar-refractivity contribution in [2.24, 2.45) is 7.05 Å². The van der Waals surface area contributed by atoms with Crippen molar-refractivity contribution in [3.63, 3.8) is 0 Å². The molecule has 2 aromatic heterocycles. The Labute approximate surface area is 138 Å². The van der Waals surface area contributed by atoms with Gasteiger partial charge in [0.05, 0.1) is 0 Å². The number of aryl methyl sites for hydroxylation is 1. The van der Waals surface area contributed by atoms with E-state index in [2.05, 4.69) is 15.2 Å². The Balaban J connectivity index is 2.22. The van der Waals surface area contributed by atoms with E-state index < -0.39 is 11.2 Å². The van der Waals surface area contributed by atoms with E-state index in [9.17, 15) is 9.59 Å².